The second-order valence-electron chi connectivity index (χ2n) is 14.1. The van der Waals surface area contributed by atoms with Gasteiger partial charge >= 0.3 is 0 Å². The van der Waals surface area contributed by atoms with Gasteiger partial charge in [-0.1, -0.05) is 192 Å². The summed E-state index contributed by atoms with van der Waals surface area (Å²) in [4.78, 5) is 12.3. The number of amides is 1. The summed E-state index contributed by atoms with van der Waals surface area (Å²) in [7, 11) is 0. The number of aliphatic hydroxyl groups excluding tert-OH is 2. The minimum absolute atomic E-state index is 0.0647. The Hall–Kier alpha value is -1.13. The number of hydrogen-bond acceptors (Lipinski definition) is 3. The van der Waals surface area contributed by atoms with Crippen LogP contribution in [0.1, 0.15) is 219 Å². The van der Waals surface area contributed by atoms with E-state index in [4.69, 9.17) is 0 Å². The molecular weight excluding hydrogens is 566 g/mol. The molecule has 272 valence electrons. The SMILES string of the molecule is CCCCCCCCC=CCCCCCCCCCCCCCC(=O)N[C@@H](CO)[C@H](O)C=CCCCCCCCCCCCCC. The van der Waals surface area contributed by atoms with Crippen molar-refractivity contribution in [1.29, 1.82) is 0 Å². The Bertz CT molecular complexity index is 661. The normalized spacial score (nSPS) is 13.2. The fourth-order valence-electron chi connectivity index (χ4n) is 6.23. The zero-order chi connectivity index (χ0) is 33.6. The van der Waals surface area contributed by atoms with Gasteiger partial charge in [-0.2, -0.15) is 0 Å². The maximum atomic E-state index is 12.3. The molecular formula is C42H81NO3. The van der Waals surface area contributed by atoms with Crippen LogP contribution in [0.25, 0.3) is 0 Å². The average molecular weight is 648 g/mol. The molecule has 1 amide bonds. The lowest BCUT2D eigenvalue weighted by Gasteiger charge is -2.20. The van der Waals surface area contributed by atoms with Crippen molar-refractivity contribution in [2.75, 3.05) is 6.61 Å². The molecule has 0 unspecified atom stereocenters. The van der Waals surface area contributed by atoms with Crippen LogP contribution in [0, 0.1) is 0 Å². The molecule has 0 aromatic carbocycles. The highest BCUT2D eigenvalue weighted by Crippen LogP contribution is 2.14. The summed E-state index contributed by atoms with van der Waals surface area (Å²) >= 11 is 0. The molecule has 4 nitrogen and oxygen atoms in total. The van der Waals surface area contributed by atoms with Crippen molar-refractivity contribution >= 4 is 5.91 Å². The summed E-state index contributed by atoms with van der Waals surface area (Å²) < 4.78 is 0. The summed E-state index contributed by atoms with van der Waals surface area (Å²) in [6, 6.07) is -0.618. The van der Waals surface area contributed by atoms with Crippen LogP contribution in [-0.4, -0.2) is 34.9 Å². The summed E-state index contributed by atoms with van der Waals surface area (Å²) in [6.07, 6.45) is 48.4. The molecule has 0 aliphatic heterocycles. The maximum Gasteiger partial charge on any atom is 0.220 e. The highest BCUT2D eigenvalue weighted by molar-refractivity contribution is 5.76. The summed E-state index contributed by atoms with van der Waals surface area (Å²) in [5, 5.41) is 22.9. The maximum absolute atomic E-state index is 12.3. The lowest BCUT2D eigenvalue weighted by molar-refractivity contribution is -0.123. The zero-order valence-corrected chi connectivity index (χ0v) is 31.1. The van der Waals surface area contributed by atoms with Gasteiger partial charge in [0.15, 0.2) is 0 Å². The predicted molar refractivity (Wildman–Crippen MR) is 202 cm³/mol. The Morgan fingerprint density at radius 2 is 0.826 bits per heavy atom. The molecule has 3 N–H and O–H groups in total. The van der Waals surface area contributed by atoms with Gasteiger partial charge in [0.05, 0.1) is 18.8 Å². The molecule has 4 heteroatoms. The van der Waals surface area contributed by atoms with E-state index >= 15 is 0 Å². The Balaban J connectivity index is 3.55. The quantitative estimate of drug-likeness (QED) is 0.0464. The van der Waals surface area contributed by atoms with Gasteiger partial charge < -0.3 is 15.5 Å². The number of carbonyl (C=O) groups excluding carboxylic acids is 1. The highest BCUT2D eigenvalue weighted by atomic mass is 16.3. The molecule has 0 fully saturated rings. The summed E-state index contributed by atoms with van der Waals surface area (Å²) in [5.74, 6) is -0.0647. The van der Waals surface area contributed by atoms with E-state index in [9.17, 15) is 15.0 Å². The monoisotopic (exact) mass is 648 g/mol. The Morgan fingerprint density at radius 3 is 1.20 bits per heavy atom. The average Bonchev–Trinajstić information content (AvgIpc) is 3.06. The van der Waals surface area contributed by atoms with E-state index in [-0.39, 0.29) is 12.5 Å². The van der Waals surface area contributed by atoms with Crippen molar-refractivity contribution in [3.05, 3.63) is 24.3 Å². The highest BCUT2D eigenvalue weighted by Gasteiger charge is 2.17. The minimum atomic E-state index is -0.835. The van der Waals surface area contributed by atoms with Crippen LogP contribution in [-0.2, 0) is 4.79 Å². The molecule has 0 saturated heterocycles. The van der Waals surface area contributed by atoms with Gasteiger partial charge in [-0.3, -0.25) is 4.79 Å². The first-order chi connectivity index (χ1) is 22.7. The topological polar surface area (TPSA) is 69.6 Å². The Kier molecular flexibility index (Phi) is 37.4. The molecule has 2 atom stereocenters. The second kappa shape index (κ2) is 38.3. The molecule has 0 bridgehead atoms. The molecule has 0 saturated carbocycles. The first-order valence-corrected chi connectivity index (χ1v) is 20.6. The van der Waals surface area contributed by atoms with Crippen LogP contribution >= 0.6 is 0 Å². The molecule has 0 rings (SSSR count). The second-order valence-corrected chi connectivity index (χ2v) is 14.1. The van der Waals surface area contributed by atoms with Crippen molar-refractivity contribution in [3.63, 3.8) is 0 Å². The van der Waals surface area contributed by atoms with Gasteiger partial charge in [0.1, 0.15) is 0 Å². The van der Waals surface area contributed by atoms with Gasteiger partial charge in [0, 0.05) is 6.42 Å². The van der Waals surface area contributed by atoms with E-state index in [2.05, 4.69) is 31.3 Å². The number of nitrogens with one attached hydrogen (secondary N) is 1. The third kappa shape index (κ3) is 34.2. The number of allylic oxidation sites excluding steroid dienone is 3. The smallest absolute Gasteiger partial charge is 0.220 e. The number of aliphatic hydroxyl groups is 2. The van der Waals surface area contributed by atoms with E-state index in [1.807, 2.05) is 6.08 Å². The molecule has 0 aliphatic rings. The number of hydrogen-bond donors (Lipinski definition) is 3. The molecule has 0 aromatic heterocycles. The Morgan fingerprint density at radius 1 is 0.500 bits per heavy atom. The fraction of sp³-hybridized carbons (Fsp3) is 0.881. The summed E-state index contributed by atoms with van der Waals surface area (Å²) in [5.41, 5.74) is 0. The molecule has 0 aromatic rings. The van der Waals surface area contributed by atoms with Gasteiger partial charge in [0.2, 0.25) is 5.91 Å². The van der Waals surface area contributed by atoms with E-state index in [0.717, 1.165) is 25.7 Å². The van der Waals surface area contributed by atoms with Gasteiger partial charge in [-0.25, -0.2) is 0 Å². The zero-order valence-electron chi connectivity index (χ0n) is 31.1. The minimum Gasteiger partial charge on any atom is -0.394 e. The van der Waals surface area contributed by atoms with Crippen LogP contribution in [0.3, 0.4) is 0 Å². The van der Waals surface area contributed by atoms with Crippen molar-refractivity contribution in [1.82, 2.24) is 5.32 Å². The lowest BCUT2D eigenvalue weighted by Crippen LogP contribution is -2.45. The number of carbonyl (C=O) groups is 1. The van der Waals surface area contributed by atoms with Gasteiger partial charge in [-0.15, -0.1) is 0 Å². The van der Waals surface area contributed by atoms with Crippen LogP contribution in [0.2, 0.25) is 0 Å². The van der Waals surface area contributed by atoms with Crippen LogP contribution < -0.4 is 5.32 Å². The van der Waals surface area contributed by atoms with Crippen molar-refractivity contribution in [3.8, 4) is 0 Å². The van der Waals surface area contributed by atoms with E-state index in [0.29, 0.717) is 6.42 Å². The molecule has 0 radical (unpaired) electrons. The van der Waals surface area contributed by atoms with Gasteiger partial charge in [0.25, 0.3) is 0 Å². The first kappa shape index (κ1) is 44.9. The lowest BCUT2D eigenvalue weighted by atomic mass is 10.0. The first-order valence-electron chi connectivity index (χ1n) is 20.6. The van der Waals surface area contributed by atoms with E-state index in [1.54, 1.807) is 6.08 Å². The largest absolute Gasteiger partial charge is 0.394 e. The Labute approximate surface area is 288 Å². The standard InChI is InChI=1S/C42H81NO3/c1-3-5-7-9-11-13-15-17-18-19-20-21-22-23-24-26-28-30-32-34-36-38-42(46)43-40(39-44)41(45)37-35-33-31-29-27-25-16-14-12-10-8-6-4-2/h17-18,35,37,40-41,44-45H,3-16,19-34,36,38-39H2,1-2H3,(H,43,46)/t40-,41+/m0/s1. The summed E-state index contributed by atoms with van der Waals surface area (Å²) in [6.45, 7) is 4.30. The van der Waals surface area contributed by atoms with Crippen molar-refractivity contribution < 1.29 is 15.0 Å². The molecule has 0 aliphatic carbocycles. The van der Waals surface area contributed by atoms with Crippen LogP contribution in [0.5, 0.6) is 0 Å². The molecule has 0 heterocycles. The predicted octanol–water partition coefficient (Wildman–Crippen LogP) is 12.5. The van der Waals surface area contributed by atoms with E-state index < -0.39 is 12.1 Å². The van der Waals surface area contributed by atoms with Crippen LogP contribution in [0.15, 0.2) is 24.3 Å². The molecule has 46 heavy (non-hydrogen) atoms. The van der Waals surface area contributed by atoms with Crippen LogP contribution in [0.4, 0.5) is 0 Å². The van der Waals surface area contributed by atoms with E-state index in [1.165, 1.54) is 173 Å². The molecule has 0 spiro atoms. The third-order valence-corrected chi connectivity index (χ3v) is 9.43. The fourth-order valence-corrected chi connectivity index (χ4v) is 6.23. The van der Waals surface area contributed by atoms with Crippen molar-refractivity contribution in [2.45, 2.75) is 231 Å². The van der Waals surface area contributed by atoms with Gasteiger partial charge in [-0.05, 0) is 44.9 Å². The third-order valence-electron chi connectivity index (χ3n) is 9.43. The number of unbranched alkanes of at least 4 members (excludes halogenated alkanes) is 28. The van der Waals surface area contributed by atoms with Crippen molar-refractivity contribution in [2.24, 2.45) is 0 Å². The number of rotatable bonds is 37.